The van der Waals surface area contributed by atoms with Crippen LogP contribution in [0.15, 0.2) is 47.4 Å². The maximum atomic E-state index is 12.5. The molecule has 2 atom stereocenters. The highest BCUT2D eigenvalue weighted by atomic mass is 32.2. The van der Waals surface area contributed by atoms with Gasteiger partial charge in [-0.1, -0.05) is 12.1 Å². The van der Waals surface area contributed by atoms with E-state index < -0.39 is 34.0 Å². The molecule has 0 saturated carbocycles. The average Bonchev–Trinajstić information content (AvgIpc) is 3.21. The van der Waals surface area contributed by atoms with E-state index in [-0.39, 0.29) is 17.5 Å². The van der Waals surface area contributed by atoms with E-state index in [0.717, 1.165) is 0 Å². The van der Waals surface area contributed by atoms with Gasteiger partial charge in [-0.15, -0.1) is 0 Å². The molecule has 2 aromatic rings. The number of carbonyl (C=O) groups is 3. The summed E-state index contributed by atoms with van der Waals surface area (Å²) in [6.45, 7) is 4.12. The summed E-state index contributed by atoms with van der Waals surface area (Å²) < 4.78 is 42.7. The van der Waals surface area contributed by atoms with Crippen LogP contribution in [0.2, 0.25) is 0 Å². The summed E-state index contributed by atoms with van der Waals surface area (Å²) in [5, 5.41) is 2.59. The molecule has 32 heavy (non-hydrogen) atoms. The molecular weight excluding hydrogens is 440 g/mol. The lowest BCUT2D eigenvalue weighted by atomic mass is 10.2. The van der Waals surface area contributed by atoms with Crippen LogP contribution in [-0.2, 0) is 24.3 Å². The summed E-state index contributed by atoms with van der Waals surface area (Å²) in [6.07, 6.45) is -1.19. The Hall–Kier alpha value is -3.44. The fourth-order valence-corrected chi connectivity index (χ4v) is 3.96. The molecule has 0 spiro atoms. The smallest absolute Gasteiger partial charge is 0.324 e. The van der Waals surface area contributed by atoms with Gasteiger partial charge in [0.05, 0.1) is 4.90 Å². The lowest BCUT2D eigenvalue weighted by molar-refractivity contribution is -0.154. The number of sulfonamides is 1. The van der Waals surface area contributed by atoms with Gasteiger partial charge in [0.25, 0.3) is 5.91 Å². The Labute approximate surface area is 184 Å². The second-order valence-electron chi connectivity index (χ2n) is 7.06. The van der Waals surface area contributed by atoms with Gasteiger partial charge >= 0.3 is 5.97 Å². The van der Waals surface area contributed by atoms with Crippen LogP contribution in [0.4, 0.5) is 5.69 Å². The molecule has 2 aromatic carbocycles. The number of hydrogen-bond donors (Lipinski definition) is 2. The second-order valence-corrected chi connectivity index (χ2v) is 8.77. The number of rotatable bonds is 8. The average molecular weight is 462 g/mol. The zero-order chi connectivity index (χ0) is 23.5. The van der Waals surface area contributed by atoms with Gasteiger partial charge in [-0.05, 0) is 45.0 Å². The van der Waals surface area contributed by atoms with Crippen molar-refractivity contribution in [3.63, 3.8) is 0 Å². The van der Waals surface area contributed by atoms with Gasteiger partial charge < -0.3 is 19.5 Å². The lowest BCUT2D eigenvalue weighted by Crippen LogP contribution is -2.42. The predicted molar refractivity (Wildman–Crippen MR) is 113 cm³/mol. The number of nitrogens with one attached hydrogen (secondary N) is 2. The predicted octanol–water partition coefficient (Wildman–Crippen LogP) is 1.86. The molecule has 2 N–H and O–H groups in total. The van der Waals surface area contributed by atoms with Gasteiger partial charge in [0.1, 0.15) is 6.04 Å². The Morgan fingerprint density at radius 3 is 2.31 bits per heavy atom. The van der Waals surface area contributed by atoms with Gasteiger partial charge in [-0.2, -0.15) is 4.72 Å². The molecule has 0 radical (unpaired) electrons. The van der Waals surface area contributed by atoms with Crippen molar-refractivity contribution in [1.29, 1.82) is 0 Å². The molecule has 1 amide bonds. The fraction of sp³-hybridized carbons (Fsp3) is 0.286. The number of anilines is 1. The first kappa shape index (κ1) is 23.2. The highest BCUT2D eigenvalue weighted by Crippen LogP contribution is 2.34. The monoisotopic (exact) mass is 462 g/mol. The molecular formula is C21H22N2O8S. The number of fused-ring (bicyclic) bond motifs is 1. The maximum absolute atomic E-state index is 12.5. The topological polar surface area (TPSA) is 137 Å². The molecule has 10 nitrogen and oxygen atoms in total. The van der Waals surface area contributed by atoms with Crippen molar-refractivity contribution in [3.05, 3.63) is 48.0 Å². The normalized spacial score (nSPS) is 14.3. The van der Waals surface area contributed by atoms with Crippen molar-refractivity contribution < 1.29 is 37.0 Å². The van der Waals surface area contributed by atoms with E-state index >= 15 is 0 Å². The summed E-state index contributed by atoms with van der Waals surface area (Å²) >= 11 is 0. The molecule has 0 unspecified atom stereocenters. The minimum atomic E-state index is -4.05. The molecule has 1 heterocycles. The maximum Gasteiger partial charge on any atom is 0.324 e. The minimum absolute atomic E-state index is 0.0927. The summed E-state index contributed by atoms with van der Waals surface area (Å²) in [5.41, 5.74) is 0.781. The van der Waals surface area contributed by atoms with Crippen LogP contribution in [0, 0.1) is 0 Å². The van der Waals surface area contributed by atoms with Gasteiger partial charge in [0.15, 0.2) is 23.4 Å². The van der Waals surface area contributed by atoms with E-state index in [2.05, 4.69) is 10.0 Å². The third-order valence-corrected chi connectivity index (χ3v) is 6.12. The number of ketones is 1. The number of benzene rings is 2. The third-order valence-electron chi connectivity index (χ3n) is 4.56. The molecule has 3 rings (SSSR count). The molecule has 1 aliphatic heterocycles. The van der Waals surface area contributed by atoms with Crippen LogP contribution in [0.5, 0.6) is 11.5 Å². The summed E-state index contributed by atoms with van der Waals surface area (Å²) in [7, 11) is -4.05. The summed E-state index contributed by atoms with van der Waals surface area (Å²) in [5.74, 6) is -0.701. The molecule has 0 fully saturated rings. The van der Waals surface area contributed by atoms with Gasteiger partial charge in [-0.25, -0.2) is 8.42 Å². The Morgan fingerprint density at radius 2 is 1.66 bits per heavy atom. The summed E-state index contributed by atoms with van der Waals surface area (Å²) in [4.78, 5) is 35.9. The van der Waals surface area contributed by atoms with Crippen LogP contribution in [0.1, 0.15) is 31.1 Å². The Kier molecular flexibility index (Phi) is 6.80. The molecule has 0 aromatic heterocycles. The molecule has 0 aliphatic carbocycles. The van der Waals surface area contributed by atoms with Gasteiger partial charge in [0, 0.05) is 17.3 Å². The first-order valence-corrected chi connectivity index (χ1v) is 11.1. The zero-order valence-electron chi connectivity index (χ0n) is 17.6. The molecule has 0 saturated heterocycles. The van der Waals surface area contributed by atoms with E-state index in [0.29, 0.717) is 22.7 Å². The third kappa shape index (κ3) is 5.42. The highest BCUT2D eigenvalue weighted by molar-refractivity contribution is 7.89. The Morgan fingerprint density at radius 1 is 1.00 bits per heavy atom. The quantitative estimate of drug-likeness (QED) is 0.448. The number of ether oxygens (including phenoxy) is 3. The van der Waals surface area contributed by atoms with Crippen molar-refractivity contribution in [3.8, 4) is 11.5 Å². The fourth-order valence-electron chi connectivity index (χ4n) is 2.77. The standard InChI is InChI=1S/C21H22N2O8S/c1-12(23-32(27,28)17-7-4-15(5-8-17)13(2)24)21(26)31-14(3)20(25)22-16-6-9-18-19(10-16)30-11-29-18/h4-10,12,14,23H,11H2,1-3H3,(H,22,25)/t12-,14-/m1/s1. The Balaban J connectivity index is 1.56. The van der Waals surface area contributed by atoms with Crippen LogP contribution in [0.25, 0.3) is 0 Å². The van der Waals surface area contributed by atoms with Crippen molar-refractivity contribution >= 4 is 33.4 Å². The highest BCUT2D eigenvalue weighted by Gasteiger charge is 2.27. The molecule has 1 aliphatic rings. The molecule has 170 valence electrons. The van der Waals surface area contributed by atoms with Gasteiger partial charge in [0.2, 0.25) is 16.8 Å². The number of hydrogen-bond acceptors (Lipinski definition) is 8. The number of carbonyl (C=O) groups excluding carboxylic acids is 3. The number of Topliss-reactive ketones (excluding diaryl/α,β-unsaturated/α-hetero) is 1. The van der Waals surface area contributed by atoms with E-state index in [1.807, 2.05) is 0 Å². The van der Waals surface area contributed by atoms with E-state index in [1.165, 1.54) is 45.0 Å². The largest absolute Gasteiger partial charge is 0.454 e. The first-order valence-electron chi connectivity index (χ1n) is 9.61. The molecule has 0 bridgehead atoms. The van der Waals surface area contributed by atoms with Crippen molar-refractivity contribution in [1.82, 2.24) is 4.72 Å². The van der Waals surface area contributed by atoms with Crippen molar-refractivity contribution in [2.45, 2.75) is 37.8 Å². The van der Waals surface area contributed by atoms with E-state index in [4.69, 9.17) is 14.2 Å². The van der Waals surface area contributed by atoms with Crippen LogP contribution in [0.3, 0.4) is 0 Å². The Bertz CT molecular complexity index is 1140. The zero-order valence-corrected chi connectivity index (χ0v) is 18.4. The summed E-state index contributed by atoms with van der Waals surface area (Å²) in [6, 6.07) is 8.83. The number of amides is 1. The second kappa shape index (κ2) is 9.37. The van der Waals surface area contributed by atoms with E-state index in [1.54, 1.807) is 18.2 Å². The van der Waals surface area contributed by atoms with E-state index in [9.17, 15) is 22.8 Å². The SMILES string of the molecule is CC(=O)c1ccc(S(=O)(=O)N[C@H](C)C(=O)O[C@H](C)C(=O)Nc2ccc3c(c2)OCO3)cc1. The molecule has 11 heteroatoms. The lowest BCUT2D eigenvalue weighted by Gasteiger charge is -2.18. The number of esters is 1. The minimum Gasteiger partial charge on any atom is -0.454 e. The first-order chi connectivity index (χ1) is 15.1. The van der Waals surface area contributed by atoms with Gasteiger partial charge in [-0.3, -0.25) is 14.4 Å². The van der Waals surface area contributed by atoms with Crippen LogP contribution in [-0.4, -0.2) is 45.0 Å². The van der Waals surface area contributed by atoms with Crippen molar-refractivity contribution in [2.24, 2.45) is 0 Å². The van der Waals surface area contributed by atoms with Crippen LogP contribution >= 0.6 is 0 Å². The van der Waals surface area contributed by atoms with Crippen molar-refractivity contribution in [2.75, 3.05) is 12.1 Å². The van der Waals surface area contributed by atoms with Crippen LogP contribution < -0.4 is 19.5 Å².